The van der Waals surface area contributed by atoms with Crippen molar-refractivity contribution >= 4 is 17.7 Å². The van der Waals surface area contributed by atoms with Crippen LogP contribution in [0.3, 0.4) is 0 Å². The zero-order chi connectivity index (χ0) is 15.9. The monoisotopic (exact) mass is 320 g/mol. The summed E-state index contributed by atoms with van der Waals surface area (Å²) in [6, 6.07) is 5.64. The summed E-state index contributed by atoms with van der Waals surface area (Å²) in [5.41, 5.74) is 1.42. The van der Waals surface area contributed by atoms with Crippen molar-refractivity contribution in [3.8, 4) is 0 Å². The van der Waals surface area contributed by atoms with Gasteiger partial charge < -0.3 is 15.2 Å². The number of nitrogens with zero attached hydrogens (tertiary/aromatic N) is 2. The van der Waals surface area contributed by atoms with Crippen LogP contribution in [0, 0.1) is 6.92 Å². The highest BCUT2D eigenvalue weighted by Crippen LogP contribution is 2.24. The number of aryl methyl sites for hydroxylation is 1. The lowest BCUT2D eigenvalue weighted by atomic mass is 10.2. The van der Waals surface area contributed by atoms with Gasteiger partial charge in [0.2, 0.25) is 0 Å². The highest BCUT2D eigenvalue weighted by molar-refractivity contribution is 7.98. The first kappa shape index (κ1) is 16.5. The van der Waals surface area contributed by atoms with E-state index in [4.69, 9.17) is 4.52 Å². The zero-order valence-electron chi connectivity index (χ0n) is 12.9. The largest absolute Gasteiger partial charge is 0.361 e. The first-order valence-electron chi connectivity index (χ1n) is 7.05. The minimum absolute atomic E-state index is 0.117. The van der Waals surface area contributed by atoms with E-state index in [0.29, 0.717) is 22.9 Å². The average molecular weight is 320 g/mol. The molecule has 7 heteroatoms. The molecular weight excluding hydrogens is 300 g/mol. The molecule has 6 nitrogen and oxygen atoms in total. The minimum Gasteiger partial charge on any atom is -0.361 e. The van der Waals surface area contributed by atoms with Gasteiger partial charge in [-0.2, -0.15) is 0 Å². The van der Waals surface area contributed by atoms with Gasteiger partial charge >= 0.3 is 0 Å². The molecule has 2 rings (SSSR count). The maximum Gasteiger partial charge on any atom is 0.254 e. The number of nitrogens with one attached hydrogen (secondary N) is 2. The molecular formula is C15H20N4O2S. The summed E-state index contributed by atoms with van der Waals surface area (Å²) in [5, 5.41) is 10.6. The van der Waals surface area contributed by atoms with Crippen molar-refractivity contribution in [3.05, 3.63) is 41.4 Å². The molecule has 22 heavy (non-hydrogen) atoms. The lowest BCUT2D eigenvalue weighted by Gasteiger charge is -2.12. The maximum absolute atomic E-state index is 12.3. The lowest BCUT2D eigenvalue weighted by Crippen LogP contribution is -2.37. The Morgan fingerprint density at radius 2 is 2.32 bits per heavy atom. The van der Waals surface area contributed by atoms with Crippen LogP contribution >= 0.6 is 11.8 Å². The van der Waals surface area contributed by atoms with Crippen molar-refractivity contribution < 1.29 is 9.32 Å². The molecule has 0 saturated heterocycles. The molecule has 0 fully saturated rings. The van der Waals surface area contributed by atoms with Gasteiger partial charge in [0.15, 0.2) is 0 Å². The van der Waals surface area contributed by atoms with Gasteiger partial charge in [0.05, 0.1) is 11.3 Å². The molecule has 2 heterocycles. The molecule has 0 aliphatic carbocycles. The fourth-order valence-corrected chi connectivity index (χ4v) is 2.62. The highest BCUT2D eigenvalue weighted by Gasteiger charge is 2.14. The molecule has 2 aromatic heterocycles. The molecule has 2 aromatic rings. The summed E-state index contributed by atoms with van der Waals surface area (Å²) in [7, 11) is 1.86. The first-order chi connectivity index (χ1) is 10.6. The fraction of sp³-hybridized carbons (Fsp3) is 0.400. The molecule has 0 aromatic carbocycles. The maximum atomic E-state index is 12.3. The highest BCUT2D eigenvalue weighted by atomic mass is 32.2. The van der Waals surface area contributed by atoms with Crippen molar-refractivity contribution in [2.45, 2.75) is 30.7 Å². The van der Waals surface area contributed by atoms with E-state index in [-0.39, 0.29) is 11.9 Å². The summed E-state index contributed by atoms with van der Waals surface area (Å²) in [5.74, 6) is 1.27. The summed E-state index contributed by atoms with van der Waals surface area (Å²) in [6.45, 7) is 4.42. The Kier molecular flexibility index (Phi) is 5.97. The number of amides is 1. The second-order valence-electron chi connectivity index (χ2n) is 4.97. The Labute approximate surface area is 134 Å². The number of hydrogen-bond acceptors (Lipinski definition) is 6. The number of rotatable bonds is 7. The van der Waals surface area contributed by atoms with Crippen LogP contribution in [0.2, 0.25) is 0 Å². The standard InChI is InChI=1S/C15H20N4O2S/c1-10(16-3)8-18-14(20)13-5-4-6-17-15(13)22-9-12-7-11(2)21-19-12/h4-7,10,16H,8-9H2,1-3H3,(H,18,20). The molecule has 0 spiro atoms. The van der Waals surface area contributed by atoms with Gasteiger partial charge in [0, 0.05) is 30.6 Å². The van der Waals surface area contributed by atoms with E-state index < -0.39 is 0 Å². The molecule has 0 saturated carbocycles. The van der Waals surface area contributed by atoms with Crippen molar-refractivity contribution in [1.82, 2.24) is 20.8 Å². The van der Waals surface area contributed by atoms with E-state index in [1.54, 1.807) is 18.3 Å². The third kappa shape index (κ3) is 4.57. The van der Waals surface area contributed by atoms with Crippen molar-refractivity contribution in [1.29, 1.82) is 0 Å². The lowest BCUT2D eigenvalue weighted by molar-refractivity contribution is 0.0947. The van der Waals surface area contributed by atoms with Crippen LogP contribution in [-0.2, 0) is 5.75 Å². The summed E-state index contributed by atoms with van der Waals surface area (Å²) in [6.07, 6.45) is 1.68. The Balaban J connectivity index is 2.01. The van der Waals surface area contributed by atoms with Gasteiger partial charge in [0.1, 0.15) is 10.8 Å². The van der Waals surface area contributed by atoms with Crippen molar-refractivity contribution in [2.75, 3.05) is 13.6 Å². The van der Waals surface area contributed by atoms with Crippen molar-refractivity contribution in [2.24, 2.45) is 0 Å². The van der Waals surface area contributed by atoms with E-state index in [0.717, 1.165) is 11.5 Å². The van der Waals surface area contributed by atoms with Crippen molar-refractivity contribution in [3.63, 3.8) is 0 Å². The molecule has 0 aliphatic rings. The molecule has 1 atom stereocenters. The second-order valence-corrected chi connectivity index (χ2v) is 5.94. The predicted molar refractivity (Wildman–Crippen MR) is 85.9 cm³/mol. The topological polar surface area (TPSA) is 80.0 Å². The van der Waals surface area contributed by atoms with Crippen LogP contribution in [0.4, 0.5) is 0 Å². The number of thioether (sulfide) groups is 1. The number of aromatic nitrogens is 2. The Morgan fingerprint density at radius 3 is 3.00 bits per heavy atom. The van der Waals surface area contributed by atoms with E-state index in [1.165, 1.54) is 11.8 Å². The first-order valence-corrected chi connectivity index (χ1v) is 8.04. The molecule has 1 amide bonds. The third-order valence-electron chi connectivity index (χ3n) is 3.11. The Morgan fingerprint density at radius 1 is 1.50 bits per heavy atom. The van der Waals surface area contributed by atoms with E-state index in [9.17, 15) is 4.79 Å². The predicted octanol–water partition coefficient (Wildman–Crippen LogP) is 2.01. The van der Waals surface area contributed by atoms with Gasteiger partial charge in [-0.3, -0.25) is 4.79 Å². The van der Waals surface area contributed by atoms with Gasteiger partial charge in [-0.05, 0) is 33.0 Å². The number of hydrogen-bond donors (Lipinski definition) is 2. The second kappa shape index (κ2) is 7.95. The van der Waals surface area contributed by atoms with Gasteiger partial charge in [-0.25, -0.2) is 4.98 Å². The summed E-state index contributed by atoms with van der Waals surface area (Å²) in [4.78, 5) is 16.6. The Hall–Kier alpha value is -1.86. The van der Waals surface area contributed by atoms with Crippen LogP contribution in [0.25, 0.3) is 0 Å². The molecule has 0 radical (unpaired) electrons. The normalized spacial score (nSPS) is 12.1. The summed E-state index contributed by atoms with van der Waals surface area (Å²) < 4.78 is 5.04. The van der Waals surface area contributed by atoms with Crippen LogP contribution in [-0.4, -0.2) is 35.7 Å². The number of carbonyl (C=O) groups excluding carboxylic acids is 1. The quantitative estimate of drug-likeness (QED) is 0.760. The van der Waals surface area contributed by atoms with Crippen LogP contribution in [0.5, 0.6) is 0 Å². The fourth-order valence-electron chi connectivity index (χ4n) is 1.75. The SMILES string of the molecule is CNC(C)CNC(=O)c1cccnc1SCc1cc(C)on1. The summed E-state index contributed by atoms with van der Waals surface area (Å²) >= 11 is 1.47. The Bertz CT molecular complexity index is 630. The smallest absolute Gasteiger partial charge is 0.254 e. The number of carbonyl (C=O) groups is 1. The van der Waals surface area contributed by atoms with E-state index in [1.807, 2.05) is 27.0 Å². The molecule has 118 valence electrons. The van der Waals surface area contributed by atoms with E-state index >= 15 is 0 Å². The van der Waals surface area contributed by atoms with Gasteiger partial charge in [0.25, 0.3) is 5.91 Å². The molecule has 1 unspecified atom stereocenters. The number of likely N-dealkylation sites (N-methyl/N-ethyl adjacent to an activating group) is 1. The van der Waals surface area contributed by atoms with Gasteiger partial charge in [-0.15, -0.1) is 0 Å². The van der Waals surface area contributed by atoms with Crippen LogP contribution in [0.15, 0.2) is 33.9 Å². The van der Waals surface area contributed by atoms with Gasteiger partial charge in [-0.1, -0.05) is 16.9 Å². The molecule has 2 N–H and O–H groups in total. The molecule has 0 aliphatic heterocycles. The minimum atomic E-state index is -0.117. The van der Waals surface area contributed by atoms with Crippen LogP contribution < -0.4 is 10.6 Å². The number of pyridine rings is 1. The van der Waals surface area contributed by atoms with Crippen LogP contribution in [0.1, 0.15) is 28.7 Å². The van der Waals surface area contributed by atoms with E-state index in [2.05, 4.69) is 20.8 Å². The zero-order valence-corrected chi connectivity index (χ0v) is 13.7. The third-order valence-corrected chi connectivity index (χ3v) is 4.15. The average Bonchev–Trinajstić information content (AvgIpc) is 2.96. The molecule has 0 bridgehead atoms.